The summed E-state index contributed by atoms with van der Waals surface area (Å²) in [5.41, 5.74) is 5.11. The summed E-state index contributed by atoms with van der Waals surface area (Å²) in [6, 6.07) is 7.59. The fourth-order valence-electron chi connectivity index (χ4n) is 4.62. The van der Waals surface area contributed by atoms with Crippen LogP contribution in [0.25, 0.3) is 16.8 Å². The number of unbranched alkanes of at least 4 members (excludes halogenated alkanes) is 2. The average Bonchev–Trinajstić information content (AvgIpc) is 3.52. The highest BCUT2D eigenvalue weighted by molar-refractivity contribution is 6.30. The van der Waals surface area contributed by atoms with Crippen molar-refractivity contribution >= 4 is 23.0 Å². The summed E-state index contributed by atoms with van der Waals surface area (Å²) in [6.07, 6.45) is 11.0. The zero-order valence-corrected chi connectivity index (χ0v) is 28.2. The molecule has 7 heteroatoms. The lowest BCUT2D eigenvalue weighted by Crippen LogP contribution is -2.29. The molecular weight excluding hydrogens is 546 g/mol. The van der Waals surface area contributed by atoms with Gasteiger partial charge in [0.05, 0.1) is 37.1 Å². The fraction of sp³-hybridized carbons (Fsp3) is 0.514. The Hall–Kier alpha value is -3.12. The van der Waals surface area contributed by atoms with Crippen molar-refractivity contribution in [1.82, 2.24) is 15.2 Å². The minimum atomic E-state index is -0.277. The molecule has 2 atom stereocenters. The second-order valence-corrected chi connectivity index (χ2v) is 10.1. The summed E-state index contributed by atoms with van der Waals surface area (Å²) in [5, 5.41) is 7.55. The number of carbonyl (C=O) groups excluding carboxylic acids is 1. The molecule has 2 unspecified atom stereocenters. The molecule has 4 rings (SSSR count). The predicted octanol–water partition coefficient (Wildman–Crippen LogP) is 10.1. The molecule has 1 N–H and O–H groups in total. The molecule has 1 aliphatic rings. The van der Waals surface area contributed by atoms with E-state index in [1.165, 1.54) is 19.3 Å². The van der Waals surface area contributed by atoms with Gasteiger partial charge in [-0.05, 0) is 61.1 Å². The first-order valence-electron chi connectivity index (χ1n) is 15.6. The molecule has 0 radical (unpaired) electrons. The molecule has 42 heavy (non-hydrogen) atoms. The van der Waals surface area contributed by atoms with E-state index in [0.29, 0.717) is 29.5 Å². The molecule has 2 aromatic heterocycles. The first-order chi connectivity index (χ1) is 20.4. The Morgan fingerprint density at radius 3 is 2.40 bits per heavy atom. The van der Waals surface area contributed by atoms with Crippen molar-refractivity contribution in [1.29, 1.82) is 0 Å². The summed E-state index contributed by atoms with van der Waals surface area (Å²) >= 11 is 6.16. The third-order valence-corrected chi connectivity index (χ3v) is 7.25. The Balaban J connectivity index is 0.000000873. The molecule has 6 nitrogen and oxygen atoms in total. The van der Waals surface area contributed by atoms with E-state index in [0.717, 1.165) is 40.1 Å². The monoisotopic (exact) mass is 597 g/mol. The zero-order chi connectivity index (χ0) is 31.7. The second kappa shape index (κ2) is 19.9. The number of nitrogens with zero attached hydrogens (tertiary/aromatic N) is 2. The van der Waals surface area contributed by atoms with Crippen molar-refractivity contribution in [2.45, 2.75) is 100 Å². The third kappa shape index (κ3) is 9.72. The Morgan fingerprint density at radius 2 is 1.83 bits per heavy atom. The first kappa shape index (κ1) is 36.9. The SMILES string of the molecule is C/C=C(/C(=O)C1COc2ccc(Cl)cc2C1)c1cnc(-c2cn[nH]c2OC)cc1C(C)CC.CC.CC.CCCCC. The number of methoxy groups -OCH3 is 1. The van der Waals surface area contributed by atoms with Crippen LogP contribution in [-0.4, -0.2) is 34.7 Å². The predicted molar refractivity (Wildman–Crippen MR) is 178 cm³/mol. The maximum atomic E-state index is 13.7. The molecule has 0 fully saturated rings. The number of aromatic amines is 1. The highest BCUT2D eigenvalue weighted by atomic mass is 35.5. The van der Waals surface area contributed by atoms with Crippen LogP contribution in [0.2, 0.25) is 5.02 Å². The largest absolute Gasteiger partial charge is 0.493 e. The molecule has 0 aliphatic carbocycles. The van der Waals surface area contributed by atoms with E-state index in [-0.39, 0.29) is 17.6 Å². The highest BCUT2D eigenvalue weighted by Gasteiger charge is 2.30. The molecule has 0 saturated carbocycles. The Kier molecular flexibility index (Phi) is 17.5. The van der Waals surface area contributed by atoms with Crippen LogP contribution in [0, 0.1) is 5.92 Å². The number of halogens is 1. The van der Waals surface area contributed by atoms with Crippen molar-refractivity contribution in [2.24, 2.45) is 5.92 Å². The summed E-state index contributed by atoms with van der Waals surface area (Å²) in [4.78, 5) is 18.3. The molecule has 232 valence electrons. The van der Waals surface area contributed by atoms with Crippen LogP contribution >= 0.6 is 11.6 Å². The van der Waals surface area contributed by atoms with Crippen LogP contribution in [-0.2, 0) is 11.2 Å². The summed E-state index contributed by atoms with van der Waals surface area (Å²) in [7, 11) is 1.59. The smallest absolute Gasteiger partial charge is 0.218 e. The van der Waals surface area contributed by atoms with Crippen molar-refractivity contribution < 1.29 is 14.3 Å². The van der Waals surface area contributed by atoms with Gasteiger partial charge in [-0.15, -0.1) is 0 Å². The van der Waals surface area contributed by atoms with Gasteiger partial charge in [0.15, 0.2) is 5.78 Å². The Bertz CT molecular complexity index is 1250. The minimum Gasteiger partial charge on any atom is -0.493 e. The van der Waals surface area contributed by atoms with Gasteiger partial charge in [0.25, 0.3) is 0 Å². The zero-order valence-electron chi connectivity index (χ0n) is 27.4. The second-order valence-electron chi connectivity index (χ2n) is 9.67. The van der Waals surface area contributed by atoms with Crippen LogP contribution in [0.3, 0.4) is 0 Å². The van der Waals surface area contributed by atoms with Gasteiger partial charge < -0.3 is 9.47 Å². The molecule has 0 bridgehead atoms. The van der Waals surface area contributed by atoms with E-state index in [1.54, 1.807) is 25.6 Å². The van der Waals surface area contributed by atoms with Gasteiger partial charge in [0.1, 0.15) is 5.75 Å². The van der Waals surface area contributed by atoms with E-state index in [1.807, 2.05) is 58.9 Å². The molecule has 0 spiro atoms. The van der Waals surface area contributed by atoms with Crippen LogP contribution in [0.4, 0.5) is 0 Å². The lowest BCUT2D eigenvalue weighted by molar-refractivity contribution is -0.118. The topological polar surface area (TPSA) is 77.1 Å². The number of ether oxygens (including phenoxy) is 2. The molecule has 1 aliphatic heterocycles. The number of carbonyl (C=O) groups is 1. The lowest BCUT2D eigenvalue weighted by Gasteiger charge is -2.26. The van der Waals surface area contributed by atoms with E-state index in [4.69, 9.17) is 21.1 Å². The number of rotatable bonds is 9. The highest BCUT2D eigenvalue weighted by Crippen LogP contribution is 2.36. The molecular formula is C35H52ClN3O3. The van der Waals surface area contributed by atoms with Gasteiger partial charge in [0, 0.05) is 22.4 Å². The van der Waals surface area contributed by atoms with Gasteiger partial charge in [-0.1, -0.05) is 92.3 Å². The third-order valence-electron chi connectivity index (χ3n) is 7.01. The molecule has 0 amide bonds. The van der Waals surface area contributed by atoms with Gasteiger partial charge in [-0.2, -0.15) is 5.10 Å². The Morgan fingerprint density at radius 1 is 1.14 bits per heavy atom. The van der Waals surface area contributed by atoms with E-state index >= 15 is 0 Å². The van der Waals surface area contributed by atoms with E-state index in [9.17, 15) is 4.79 Å². The number of benzene rings is 1. The number of Topliss-reactive ketones (excluding diaryl/α,β-unsaturated/α-hetero) is 1. The van der Waals surface area contributed by atoms with E-state index in [2.05, 4.69) is 42.9 Å². The van der Waals surface area contributed by atoms with Crippen LogP contribution < -0.4 is 9.47 Å². The van der Waals surface area contributed by atoms with Crippen molar-refractivity contribution in [3.8, 4) is 22.9 Å². The standard InChI is InChI=1S/C26H28ClN3O3.C5H12.2C2H6/c1-5-15(3)20-11-23(22-13-29-30-26(22)32-4)28-12-21(20)19(6-2)25(31)17-9-16-10-18(27)7-8-24(16)33-14-17;1-3-5-4-2;2*1-2/h6-8,10-13,15,17H,5,9,14H2,1-4H3,(H,29,30);3-5H2,1-2H3;2*1-2H3/b19-6+;;;. The number of H-pyrrole nitrogens is 1. The normalized spacial score (nSPS) is 14.4. The van der Waals surface area contributed by atoms with Crippen LogP contribution in [0.1, 0.15) is 111 Å². The van der Waals surface area contributed by atoms with Crippen LogP contribution in [0.5, 0.6) is 11.6 Å². The van der Waals surface area contributed by atoms with Gasteiger partial charge in [-0.25, -0.2) is 5.10 Å². The average molecular weight is 598 g/mol. The number of aromatic nitrogens is 3. The van der Waals surface area contributed by atoms with Crippen molar-refractivity contribution in [2.75, 3.05) is 13.7 Å². The lowest BCUT2D eigenvalue weighted by atomic mass is 9.83. The first-order valence-corrected chi connectivity index (χ1v) is 16.0. The number of allylic oxidation sites excluding steroid dienone is 2. The maximum Gasteiger partial charge on any atom is 0.218 e. The number of ketones is 1. The molecule has 3 heterocycles. The quantitative estimate of drug-likeness (QED) is 0.248. The summed E-state index contributed by atoms with van der Waals surface area (Å²) < 4.78 is 11.3. The Labute approximate surface area is 259 Å². The number of hydrogen-bond donors (Lipinski definition) is 1. The van der Waals surface area contributed by atoms with Crippen molar-refractivity contribution in [3.05, 3.63) is 64.4 Å². The van der Waals surface area contributed by atoms with Gasteiger partial charge in [-0.3, -0.25) is 9.78 Å². The number of fused-ring (bicyclic) bond motifs is 1. The van der Waals surface area contributed by atoms with Gasteiger partial charge >= 0.3 is 0 Å². The van der Waals surface area contributed by atoms with E-state index < -0.39 is 0 Å². The number of pyridine rings is 1. The summed E-state index contributed by atoms with van der Waals surface area (Å²) in [5.74, 6) is 1.38. The van der Waals surface area contributed by atoms with Crippen LogP contribution in [0.15, 0.2) is 42.7 Å². The number of nitrogens with one attached hydrogen (secondary N) is 1. The fourth-order valence-corrected chi connectivity index (χ4v) is 4.81. The molecule has 0 saturated heterocycles. The maximum absolute atomic E-state index is 13.7. The molecule has 1 aromatic carbocycles. The van der Waals surface area contributed by atoms with Crippen molar-refractivity contribution in [3.63, 3.8) is 0 Å². The molecule has 3 aromatic rings. The number of hydrogen-bond acceptors (Lipinski definition) is 5. The summed E-state index contributed by atoms with van der Waals surface area (Å²) in [6.45, 7) is 19.0. The minimum absolute atomic E-state index is 0.0584. The van der Waals surface area contributed by atoms with Gasteiger partial charge in [0.2, 0.25) is 5.88 Å².